The number of ether oxygens (including phenoxy) is 2. The molecule has 0 radical (unpaired) electrons. The summed E-state index contributed by atoms with van der Waals surface area (Å²) in [5, 5.41) is 5.71. The van der Waals surface area contributed by atoms with Crippen LogP contribution < -0.4 is 10.6 Å². The van der Waals surface area contributed by atoms with E-state index in [2.05, 4.69) is 10.6 Å². The van der Waals surface area contributed by atoms with Gasteiger partial charge in [0.25, 0.3) is 11.8 Å². The van der Waals surface area contributed by atoms with Crippen LogP contribution in [-0.4, -0.2) is 62.1 Å². The number of hydrogen-bond acceptors (Lipinski definition) is 6. The van der Waals surface area contributed by atoms with Crippen LogP contribution in [0.1, 0.15) is 6.42 Å². The molecule has 128 valence electrons. The number of rotatable bonds is 8. The van der Waals surface area contributed by atoms with E-state index < -0.39 is 0 Å². The van der Waals surface area contributed by atoms with Gasteiger partial charge in [0, 0.05) is 31.0 Å². The smallest absolute Gasteiger partial charge is 0.251 e. The molecule has 1 heterocycles. The van der Waals surface area contributed by atoms with Gasteiger partial charge in [-0.25, -0.2) is 0 Å². The first-order valence-corrected chi connectivity index (χ1v) is 10.2. The molecule has 1 saturated heterocycles. The maximum absolute atomic E-state index is 12.3. The molecule has 0 aromatic heterocycles. The van der Waals surface area contributed by atoms with Crippen LogP contribution in [0.3, 0.4) is 0 Å². The number of nitrogens with one attached hydrogen (secondary N) is 2. The van der Waals surface area contributed by atoms with Gasteiger partial charge in [0.1, 0.15) is 13.2 Å². The third-order valence-electron chi connectivity index (χ3n) is 3.42. The standard InChI is InChI=1S/C15H22N2O4S2/c1-22-7-3-16-14(18)10-9-11(15(19)17-4-8-23-2)13-12(10)20-5-6-21-13/h3-9H2,1-2H3,(H,16,18)(H,17,19). The lowest BCUT2D eigenvalue weighted by Crippen LogP contribution is -2.29. The molecule has 2 rings (SSSR count). The maximum atomic E-state index is 12.3. The minimum atomic E-state index is -0.191. The van der Waals surface area contributed by atoms with E-state index in [0.717, 1.165) is 11.5 Å². The Kier molecular flexibility index (Phi) is 7.16. The summed E-state index contributed by atoms with van der Waals surface area (Å²) in [6.45, 7) is 1.95. The first kappa shape index (κ1) is 18.1. The molecular weight excluding hydrogens is 336 g/mol. The number of carbonyl (C=O) groups is 2. The van der Waals surface area contributed by atoms with Crippen molar-refractivity contribution < 1.29 is 19.1 Å². The Hall–Kier alpha value is -1.28. The van der Waals surface area contributed by atoms with Crippen LogP contribution in [0.4, 0.5) is 0 Å². The van der Waals surface area contributed by atoms with E-state index in [1.54, 1.807) is 23.5 Å². The Labute approximate surface area is 144 Å². The van der Waals surface area contributed by atoms with Gasteiger partial charge in [-0.15, -0.1) is 0 Å². The Bertz CT molecular complexity index is 486. The zero-order valence-electron chi connectivity index (χ0n) is 13.4. The van der Waals surface area contributed by atoms with Gasteiger partial charge in [-0.2, -0.15) is 23.5 Å². The van der Waals surface area contributed by atoms with Crippen molar-refractivity contribution in [2.75, 3.05) is 50.3 Å². The Morgan fingerprint density at radius 1 is 0.913 bits per heavy atom. The zero-order valence-corrected chi connectivity index (χ0v) is 15.0. The fourth-order valence-electron chi connectivity index (χ4n) is 2.32. The van der Waals surface area contributed by atoms with Crippen molar-refractivity contribution in [2.45, 2.75) is 6.42 Å². The van der Waals surface area contributed by atoms with E-state index in [1.165, 1.54) is 0 Å². The predicted octanol–water partition coefficient (Wildman–Crippen LogP) is 0.903. The number of carbonyl (C=O) groups excluding carboxylic acids is 2. The van der Waals surface area contributed by atoms with Crippen LogP contribution in [0.2, 0.25) is 0 Å². The molecule has 23 heavy (non-hydrogen) atoms. The highest BCUT2D eigenvalue weighted by molar-refractivity contribution is 7.98. The van der Waals surface area contributed by atoms with Crippen LogP contribution >= 0.6 is 23.5 Å². The molecule has 2 amide bonds. The molecular formula is C15H22N2O4S2. The van der Waals surface area contributed by atoms with Crippen molar-refractivity contribution in [3.8, 4) is 0 Å². The molecule has 2 N–H and O–H groups in total. The number of amides is 2. The molecule has 0 unspecified atom stereocenters. The SMILES string of the molecule is CSCCNC(=O)C1=C2OCCOC2=C(C(=O)NCCSC)C1. The molecule has 0 aromatic carbocycles. The summed E-state index contributed by atoms with van der Waals surface area (Å²) in [5.74, 6) is 2.15. The minimum absolute atomic E-state index is 0.191. The monoisotopic (exact) mass is 358 g/mol. The fraction of sp³-hybridized carbons (Fsp3) is 0.600. The van der Waals surface area contributed by atoms with Crippen molar-refractivity contribution in [3.63, 3.8) is 0 Å². The van der Waals surface area contributed by atoms with Gasteiger partial charge in [0.15, 0.2) is 11.5 Å². The van der Waals surface area contributed by atoms with Crippen LogP contribution in [-0.2, 0) is 19.1 Å². The van der Waals surface area contributed by atoms with Crippen LogP contribution in [0.25, 0.3) is 0 Å². The Balaban J connectivity index is 2.06. The third-order valence-corrected chi connectivity index (χ3v) is 4.64. The highest BCUT2D eigenvalue weighted by Gasteiger charge is 2.36. The molecule has 0 spiro atoms. The predicted molar refractivity (Wildman–Crippen MR) is 93.4 cm³/mol. The van der Waals surface area contributed by atoms with E-state index in [9.17, 15) is 9.59 Å². The quantitative estimate of drug-likeness (QED) is 0.628. The molecule has 6 nitrogen and oxygen atoms in total. The lowest BCUT2D eigenvalue weighted by Gasteiger charge is -2.20. The Morgan fingerprint density at radius 2 is 1.35 bits per heavy atom. The molecule has 1 aliphatic carbocycles. The second-order valence-corrected chi connectivity index (χ2v) is 6.96. The molecule has 0 atom stereocenters. The second kappa shape index (κ2) is 9.12. The van der Waals surface area contributed by atoms with Crippen molar-refractivity contribution in [2.24, 2.45) is 0 Å². The summed E-state index contributed by atoms with van der Waals surface area (Å²) < 4.78 is 11.2. The van der Waals surface area contributed by atoms with E-state index >= 15 is 0 Å². The number of fused-ring (bicyclic) bond motifs is 1. The maximum Gasteiger partial charge on any atom is 0.251 e. The highest BCUT2D eigenvalue weighted by Crippen LogP contribution is 2.36. The molecule has 2 aliphatic rings. The normalized spacial score (nSPS) is 16.6. The van der Waals surface area contributed by atoms with Gasteiger partial charge in [-0.1, -0.05) is 0 Å². The summed E-state index contributed by atoms with van der Waals surface area (Å²) in [4.78, 5) is 24.7. The average Bonchev–Trinajstić information content (AvgIpc) is 2.95. The van der Waals surface area contributed by atoms with Crippen LogP contribution in [0.5, 0.6) is 0 Å². The summed E-state index contributed by atoms with van der Waals surface area (Å²) in [6.07, 6.45) is 4.22. The molecule has 0 aromatic rings. The molecule has 8 heteroatoms. The molecule has 1 aliphatic heterocycles. The number of hydrogen-bond donors (Lipinski definition) is 2. The molecule has 0 bridgehead atoms. The second-order valence-electron chi connectivity index (χ2n) is 4.99. The van der Waals surface area contributed by atoms with E-state index in [4.69, 9.17) is 9.47 Å². The van der Waals surface area contributed by atoms with E-state index in [0.29, 0.717) is 49.0 Å². The van der Waals surface area contributed by atoms with Crippen LogP contribution in [0, 0.1) is 0 Å². The van der Waals surface area contributed by atoms with Gasteiger partial charge < -0.3 is 20.1 Å². The van der Waals surface area contributed by atoms with Gasteiger partial charge in [0.05, 0.1) is 11.1 Å². The first-order valence-electron chi connectivity index (χ1n) is 7.45. The number of thioether (sulfide) groups is 2. The topological polar surface area (TPSA) is 76.7 Å². The van der Waals surface area contributed by atoms with Crippen LogP contribution in [0.15, 0.2) is 22.7 Å². The highest BCUT2D eigenvalue weighted by atomic mass is 32.2. The van der Waals surface area contributed by atoms with Gasteiger partial charge in [-0.05, 0) is 12.5 Å². The largest absolute Gasteiger partial charge is 0.486 e. The van der Waals surface area contributed by atoms with Gasteiger partial charge >= 0.3 is 0 Å². The van der Waals surface area contributed by atoms with E-state index in [-0.39, 0.29) is 18.2 Å². The fourth-order valence-corrected chi connectivity index (χ4v) is 2.93. The Morgan fingerprint density at radius 3 is 1.74 bits per heavy atom. The van der Waals surface area contributed by atoms with Crippen molar-refractivity contribution >= 4 is 35.3 Å². The average molecular weight is 358 g/mol. The lowest BCUT2D eigenvalue weighted by molar-refractivity contribution is -0.117. The van der Waals surface area contributed by atoms with Crippen molar-refractivity contribution in [1.29, 1.82) is 0 Å². The molecule has 1 fully saturated rings. The lowest BCUT2D eigenvalue weighted by atomic mass is 10.1. The van der Waals surface area contributed by atoms with Crippen molar-refractivity contribution in [1.82, 2.24) is 10.6 Å². The van der Waals surface area contributed by atoms with E-state index in [1.807, 2.05) is 12.5 Å². The van der Waals surface area contributed by atoms with Gasteiger partial charge in [0.2, 0.25) is 0 Å². The summed E-state index contributed by atoms with van der Waals surface area (Å²) in [5.41, 5.74) is 0.964. The minimum Gasteiger partial charge on any atom is -0.486 e. The summed E-state index contributed by atoms with van der Waals surface area (Å²) in [7, 11) is 0. The summed E-state index contributed by atoms with van der Waals surface area (Å²) in [6, 6.07) is 0. The van der Waals surface area contributed by atoms with Crippen molar-refractivity contribution in [3.05, 3.63) is 22.7 Å². The zero-order chi connectivity index (χ0) is 16.7. The van der Waals surface area contributed by atoms with Gasteiger partial charge in [-0.3, -0.25) is 9.59 Å². The molecule has 0 saturated carbocycles. The third kappa shape index (κ3) is 4.60. The summed E-state index contributed by atoms with van der Waals surface area (Å²) >= 11 is 3.32. The first-order chi connectivity index (χ1) is 11.2.